The number of benzene rings is 1. The summed E-state index contributed by atoms with van der Waals surface area (Å²) in [6, 6.07) is 4.74. The first kappa shape index (κ1) is 16.1. The van der Waals surface area contributed by atoms with E-state index in [-0.39, 0.29) is 11.9 Å². The molecule has 1 fully saturated rings. The van der Waals surface area contributed by atoms with Crippen molar-refractivity contribution >= 4 is 17.5 Å². The number of halogens is 1. The number of nitrogens with one attached hydrogen (secondary N) is 2. The zero-order valence-corrected chi connectivity index (χ0v) is 12.8. The van der Waals surface area contributed by atoms with E-state index < -0.39 is 6.10 Å². The standard InChI is InChI=1S/C15H21ClN2O3/c1-2-7-21-14-4-3-10(8-11(14)16)15(20)18-12-5-6-17-9-13(12)19/h3-4,8,12-13,17,19H,2,5-7,9H2,1H3,(H,18,20). The average molecular weight is 313 g/mol. The first-order valence-corrected chi connectivity index (χ1v) is 7.61. The predicted molar refractivity (Wildman–Crippen MR) is 82.0 cm³/mol. The molecule has 1 aliphatic heterocycles. The molecular formula is C15H21ClN2O3. The summed E-state index contributed by atoms with van der Waals surface area (Å²) >= 11 is 6.12. The summed E-state index contributed by atoms with van der Waals surface area (Å²) in [5.41, 5.74) is 0.467. The molecule has 1 aromatic rings. The van der Waals surface area contributed by atoms with E-state index in [0.717, 1.165) is 13.0 Å². The Morgan fingerprint density at radius 3 is 3.05 bits per heavy atom. The number of carbonyl (C=O) groups is 1. The van der Waals surface area contributed by atoms with Crippen LogP contribution in [0.3, 0.4) is 0 Å². The highest BCUT2D eigenvalue weighted by molar-refractivity contribution is 6.32. The van der Waals surface area contributed by atoms with Crippen molar-refractivity contribution in [2.24, 2.45) is 0 Å². The summed E-state index contributed by atoms with van der Waals surface area (Å²) in [6.07, 6.45) is 1.04. The first-order valence-electron chi connectivity index (χ1n) is 7.23. The van der Waals surface area contributed by atoms with E-state index in [1.54, 1.807) is 18.2 Å². The first-order chi connectivity index (χ1) is 10.1. The van der Waals surface area contributed by atoms with Crippen molar-refractivity contribution in [1.29, 1.82) is 0 Å². The van der Waals surface area contributed by atoms with Crippen LogP contribution >= 0.6 is 11.6 Å². The smallest absolute Gasteiger partial charge is 0.251 e. The molecule has 3 N–H and O–H groups in total. The van der Waals surface area contributed by atoms with Gasteiger partial charge in [-0.25, -0.2) is 0 Å². The molecule has 2 rings (SSSR count). The van der Waals surface area contributed by atoms with E-state index in [2.05, 4.69) is 10.6 Å². The van der Waals surface area contributed by atoms with Gasteiger partial charge in [-0.05, 0) is 37.6 Å². The van der Waals surface area contributed by atoms with Crippen LogP contribution in [0.15, 0.2) is 18.2 Å². The van der Waals surface area contributed by atoms with Crippen LogP contribution < -0.4 is 15.4 Å². The number of carbonyl (C=O) groups excluding carboxylic acids is 1. The molecule has 116 valence electrons. The van der Waals surface area contributed by atoms with E-state index in [9.17, 15) is 9.90 Å². The van der Waals surface area contributed by atoms with E-state index in [4.69, 9.17) is 16.3 Å². The molecule has 1 aromatic carbocycles. The fourth-order valence-corrected chi connectivity index (χ4v) is 2.47. The van der Waals surface area contributed by atoms with Gasteiger partial charge in [0.2, 0.25) is 0 Å². The van der Waals surface area contributed by atoms with Crippen molar-refractivity contribution in [3.05, 3.63) is 28.8 Å². The highest BCUT2D eigenvalue weighted by atomic mass is 35.5. The number of piperidine rings is 1. The molecule has 1 aliphatic rings. The number of aliphatic hydroxyl groups is 1. The molecule has 6 heteroatoms. The van der Waals surface area contributed by atoms with Crippen molar-refractivity contribution in [3.63, 3.8) is 0 Å². The lowest BCUT2D eigenvalue weighted by molar-refractivity contribution is 0.0765. The predicted octanol–water partition coefficient (Wildman–Crippen LogP) is 1.58. The summed E-state index contributed by atoms with van der Waals surface area (Å²) in [6.45, 7) is 3.88. The van der Waals surface area contributed by atoms with Crippen LogP contribution in [0.25, 0.3) is 0 Å². The number of aliphatic hydroxyl groups excluding tert-OH is 1. The Labute approximate surface area is 129 Å². The van der Waals surface area contributed by atoms with Crippen LogP contribution in [0, 0.1) is 0 Å². The highest BCUT2D eigenvalue weighted by Crippen LogP contribution is 2.25. The Hall–Kier alpha value is -1.30. The largest absolute Gasteiger partial charge is 0.492 e. The van der Waals surface area contributed by atoms with E-state index in [1.807, 2.05) is 6.92 Å². The minimum absolute atomic E-state index is 0.228. The van der Waals surface area contributed by atoms with Crippen LogP contribution in [0.5, 0.6) is 5.75 Å². The Kier molecular flexibility index (Phi) is 5.85. The summed E-state index contributed by atoms with van der Waals surface area (Å²) in [7, 11) is 0. The molecule has 1 saturated heterocycles. The van der Waals surface area contributed by atoms with Crippen molar-refractivity contribution in [2.75, 3.05) is 19.7 Å². The van der Waals surface area contributed by atoms with Gasteiger partial charge >= 0.3 is 0 Å². The molecular weight excluding hydrogens is 292 g/mol. The third kappa shape index (κ3) is 4.33. The SMILES string of the molecule is CCCOc1ccc(C(=O)NC2CCNCC2O)cc1Cl. The summed E-state index contributed by atoms with van der Waals surface area (Å²) in [4.78, 5) is 12.2. The van der Waals surface area contributed by atoms with Crippen LogP contribution in [-0.4, -0.2) is 42.9 Å². The zero-order chi connectivity index (χ0) is 15.2. The molecule has 21 heavy (non-hydrogen) atoms. The highest BCUT2D eigenvalue weighted by Gasteiger charge is 2.24. The van der Waals surface area contributed by atoms with Gasteiger partial charge in [-0.1, -0.05) is 18.5 Å². The quantitative estimate of drug-likeness (QED) is 0.772. The van der Waals surface area contributed by atoms with Crippen molar-refractivity contribution in [1.82, 2.24) is 10.6 Å². The molecule has 0 aromatic heterocycles. The normalized spacial score (nSPS) is 21.9. The van der Waals surface area contributed by atoms with Crippen molar-refractivity contribution < 1.29 is 14.6 Å². The van der Waals surface area contributed by atoms with Gasteiger partial charge in [0.25, 0.3) is 5.91 Å². The summed E-state index contributed by atoms with van der Waals surface area (Å²) < 4.78 is 5.48. The van der Waals surface area contributed by atoms with Crippen LogP contribution in [0.4, 0.5) is 0 Å². The Bertz CT molecular complexity index is 496. The minimum Gasteiger partial charge on any atom is -0.492 e. The second kappa shape index (κ2) is 7.64. The molecule has 1 heterocycles. The molecule has 5 nitrogen and oxygen atoms in total. The van der Waals surface area contributed by atoms with Crippen molar-refractivity contribution in [2.45, 2.75) is 31.9 Å². The monoisotopic (exact) mass is 312 g/mol. The fourth-order valence-electron chi connectivity index (χ4n) is 2.23. The van der Waals surface area contributed by atoms with Crippen LogP contribution in [-0.2, 0) is 0 Å². The molecule has 0 saturated carbocycles. The molecule has 2 atom stereocenters. The Morgan fingerprint density at radius 2 is 2.38 bits per heavy atom. The zero-order valence-electron chi connectivity index (χ0n) is 12.1. The maximum atomic E-state index is 12.2. The summed E-state index contributed by atoms with van der Waals surface area (Å²) in [5.74, 6) is 0.349. The van der Waals surface area contributed by atoms with E-state index in [0.29, 0.717) is 35.9 Å². The Morgan fingerprint density at radius 1 is 1.57 bits per heavy atom. The number of rotatable bonds is 5. The van der Waals surface area contributed by atoms with Gasteiger partial charge in [0.1, 0.15) is 5.75 Å². The number of β-amino-alcohol motifs (C(OH)–C–C–N with tert-alkyl or cyclic N) is 1. The number of amides is 1. The lowest BCUT2D eigenvalue weighted by atomic mass is 10.0. The van der Waals surface area contributed by atoms with Gasteiger partial charge in [0.05, 0.1) is 23.8 Å². The van der Waals surface area contributed by atoms with Crippen LogP contribution in [0.2, 0.25) is 5.02 Å². The van der Waals surface area contributed by atoms with Crippen molar-refractivity contribution in [3.8, 4) is 5.75 Å². The minimum atomic E-state index is -0.565. The molecule has 0 bridgehead atoms. The lowest BCUT2D eigenvalue weighted by Crippen LogP contribution is -2.52. The Balaban J connectivity index is 2.00. The molecule has 1 amide bonds. The lowest BCUT2D eigenvalue weighted by Gasteiger charge is -2.29. The molecule has 2 unspecified atom stereocenters. The second-order valence-corrected chi connectivity index (χ2v) is 5.54. The maximum absolute atomic E-state index is 12.2. The average Bonchev–Trinajstić information content (AvgIpc) is 2.48. The third-order valence-electron chi connectivity index (χ3n) is 3.42. The van der Waals surface area contributed by atoms with E-state index >= 15 is 0 Å². The van der Waals surface area contributed by atoms with Gasteiger partial charge in [-0.2, -0.15) is 0 Å². The van der Waals surface area contributed by atoms with E-state index in [1.165, 1.54) is 0 Å². The van der Waals surface area contributed by atoms with Gasteiger partial charge in [0, 0.05) is 12.1 Å². The van der Waals surface area contributed by atoms with Gasteiger partial charge in [0.15, 0.2) is 0 Å². The third-order valence-corrected chi connectivity index (χ3v) is 3.72. The molecule has 0 radical (unpaired) electrons. The maximum Gasteiger partial charge on any atom is 0.251 e. The summed E-state index contributed by atoms with van der Waals surface area (Å²) in [5, 5.41) is 16.2. The van der Waals surface area contributed by atoms with Gasteiger partial charge in [-0.3, -0.25) is 4.79 Å². The fraction of sp³-hybridized carbons (Fsp3) is 0.533. The number of hydrogen-bond donors (Lipinski definition) is 3. The molecule has 0 aliphatic carbocycles. The number of hydrogen-bond acceptors (Lipinski definition) is 4. The van der Waals surface area contributed by atoms with Gasteiger partial charge < -0.3 is 20.5 Å². The van der Waals surface area contributed by atoms with Crippen LogP contribution in [0.1, 0.15) is 30.1 Å². The second-order valence-electron chi connectivity index (χ2n) is 5.13. The topological polar surface area (TPSA) is 70.6 Å². The van der Waals surface area contributed by atoms with Gasteiger partial charge in [-0.15, -0.1) is 0 Å². The number of ether oxygens (including phenoxy) is 1. The molecule has 0 spiro atoms.